The van der Waals surface area contributed by atoms with Gasteiger partial charge < -0.3 is 15.5 Å². The van der Waals surface area contributed by atoms with Crippen LogP contribution >= 0.6 is 0 Å². The molecule has 2 atom stereocenters. The highest BCUT2D eigenvalue weighted by Gasteiger charge is 2.44. The van der Waals surface area contributed by atoms with Crippen molar-refractivity contribution in [3.05, 3.63) is 72.6 Å². The first-order chi connectivity index (χ1) is 20.6. The number of carbonyl (C=O) groups excluding carboxylic acids is 1. The quantitative estimate of drug-likeness (QED) is 0.103. The molecule has 1 aliphatic heterocycles. The predicted octanol–water partition coefficient (Wildman–Crippen LogP) is 5.51. The highest BCUT2D eigenvalue weighted by atomic mass is 16.5. The van der Waals surface area contributed by atoms with E-state index in [0.717, 1.165) is 37.0 Å². The van der Waals surface area contributed by atoms with Crippen LogP contribution in [0.5, 0.6) is 11.5 Å². The zero-order valence-corrected chi connectivity index (χ0v) is 22.9. The van der Waals surface area contributed by atoms with Crippen molar-refractivity contribution in [2.75, 3.05) is 13.1 Å². The smallest absolute Gasteiger partial charge is 0.264 e. The summed E-state index contributed by atoms with van der Waals surface area (Å²) in [5.74, 6) is 8.17. The third kappa shape index (κ3) is 4.85. The number of hydrogen-bond donors (Lipinski definition) is 1. The van der Waals surface area contributed by atoms with Gasteiger partial charge in [0.1, 0.15) is 35.2 Å². The van der Waals surface area contributed by atoms with Crippen molar-refractivity contribution in [2.45, 2.75) is 31.7 Å². The molecule has 0 radical (unpaired) electrons. The number of benzene rings is 2. The van der Waals surface area contributed by atoms with E-state index in [1.165, 1.54) is 6.33 Å². The molecule has 210 valence electrons. The minimum absolute atomic E-state index is 0.101. The highest BCUT2D eigenvalue weighted by molar-refractivity contribution is 5.98. The van der Waals surface area contributed by atoms with Gasteiger partial charge in [0.15, 0.2) is 11.5 Å². The fraction of sp³-hybridized carbons (Fsp3) is 0.323. The number of likely N-dealkylation sites (tertiary alicyclic amines) is 1. The van der Waals surface area contributed by atoms with Gasteiger partial charge in [-0.05, 0) is 79.8 Å². The summed E-state index contributed by atoms with van der Waals surface area (Å²) in [4.78, 5) is 23.8. The number of aromatic nitrogens is 4. The van der Waals surface area contributed by atoms with Gasteiger partial charge in [0.25, 0.3) is 5.91 Å². The monoisotopic (exact) mass is 559 g/mol. The van der Waals surface area contributed by atoms with Gasteiger partial charge in [-0.2, -0.15) is 10.4 Å². The number of hydrogen-bond acceptors (Lipinski definition) is 8. The lowest BCUT2D eigenvalue weighted by Crippen LogP contribution is -2.31. The number of allylic oxidation sites excluding steroid dienone is 1. The summed E-state index contributed by atoms with van der Waals surface area (Å²) in [6.07, 6.45) is 7.16. The fourth-order valence-electron chi connectivity index (χ4n) is 6.31. The van der Waals surface area contributed by atoms with Crippen LogP contribution in [0, 0.1) is 29.1 Å². The van der Waals surface area contributed by atoms with Gasteiger partial charge in [-0.15, -0.1) is 5.11 Å². The van der Waals surface area contributed by atoms with Crippen LogP contribution in [-0.4, -0.2) is 43.6 Å². The molecule has 7 rings (SSSR count). The van der Waals surface area contributed by atoms with Crippen molar-refractivity contribution in [3.8, 4) is 28.8 Å². The second kappa shape index (κ2) is 10.7. The average molecular weight is 560 g/mol. The van der Waals surface area contributed by atoms with E-state index in [1.807, 2.05) is 70.3 Å². The third-order valence-corrected chi connectivity index (χ3v) is 8.46. The number of ether oxygens (including phenoxy) is 1. The van der Waals surface area contributed by atoms with E-state index in [9.17, 15) is 10.1 Å². The van der Waals surface area contributed by atoms with Gasteiger partial charge in [0.05, 0.1) is 11.4 Å². The molecule has 0 bridgehead atoms. The van der Waals surface area contributed by atoms with Crippen LogP contribution in [-0.2, 0) is 4.79 Å². The summed E-state index contributed by atoms with van der Waals surface area (Å²) >= 11 is 0. The second-order valence-electron chi connectivity index (χ2n) is 11.2. The largest absolute Gasteiger partial charge is 0.457 e. The lowest BCUT2D eigenvalue weighted by Gasteiger charge is -2.19. The Morgan fingerprint density at radius 3 is 2.40 bits per heavy atom. The van der Waals surface area contributed by atoms with Crippen molar-refractivity contribution in [2.24, 2.45) is 33.9 Å². The third-order valence-electron chi connectivity index (χ3n) is 8.46. The number of amides is 1. The first-order valence-corrected chi connectivity index (χ1v) is 14.2. The molecule has 11 nitrogen and oxygen atoms in total. The van der Waals surface area contributed by atoms with Crippen LogP contribution in [0.3, 0.4) is 0 Å². The second-order valence-corrected chi connectivity index (χ2v) is 11.2. The molecule has 3 heterocycles. The van der Waals surface area contributed by atoms with Crippen molar-refractivity contribution >= 4 is 22.8 Å². The van der Waals surface area contributed by atoms with Crippen LogP contribution in [0.25, 0.3) is 22.3 Å². The molecule has 2 aromatic carbocycles. The lowest BCUT2D eigenvalue weighted by molar-refractivity contribution is -0.126. The first kappa shape index (κ1) is 25.8. The Hall–Kier alpha value is -5.11. The van der Waals surface area contributed by atoms with Crippen molar-refractivity contribution in [1.82, 2.24) is 24.6 Å². The van der Waals surface area contributed by atoms with E-state index in [1.54, 1.807) is 0 Å². The van der Waals surface area contributed by atoms with Crippen molar-refractivity contribution in [3.63, 3.8) is 0 Å². The molecular weight excluding hydrogens is 530 g/mol. The maximum atomic E-state index is 13.0. The summed E-state index contributed by atoms with van der Waals surface area (Å²) in [6.45, 7) is 1.31. The van der Waals surface area contributed by atoms with E-state index < -0.39 is 0 Å². The molecule has 11 heteroatoms. The number of nitriles is 1. The minimum atomic E-state index is -0.133. The standard InChI is InChI=1S/C31H29N9O2/c32-15-21(12-19-6-7-19)31(41)39-16-22-13-24(14-23(22)17-39)40-30-27(29(36-38-33)34-18-35-30)28(37-40)20-8-10-26(11-9-20)42-25-4-2-1-3-5-25/h1-5,8-12,18-19,22-24H,6-7,13-14,16-17H2,(H2,33,34,35,36)/b21-12+. The van der Waals surface area contributed by atoms with Gasteiger partial charge in [0.2, 0.25) is 0 Å². The summed E-state index contributed by atoms with van der Waals surface area (Å²) in [6, 6.07) is 19.6. The zero-order valence-electron chi connectivity index (χ0n) is 22.9. The maximum absolute atomic E-state index is 13.0. The number of carbonyl (C=O) groups is 1. The zero-order chi connectivity index (χ0) is 28.6. The van der Waals surface area contributed by atoms with E-state index in [2.05, 4.69) is 26.4 Å². The predicted molar refractivity (Wildman–Crippen MR) is 154 cm³/mol. The fourth-order valence-corrected chi connectivity index (χ4v) is 6.31. The number of fused-ring (bicyclic) bond motifs is 2. The Morgan fingerprint density at radius 1 is 1.02 bits per heavy atom. The molecule has 0 spiro atoms. The van der Waals surface area contributed by atoms with Gasteiger partial charge in [0, 0.05) is 18.7 Å². The van der Waals surface area contributed by atoms with E-state index >= 15 is 0 Å². The van der Waals surface area contributed by atoms with Gasteiger partial charge >= 0.3 is 0 Å². The molecule has 2 aliphatic carbocycles. The van der Waals surface area contributed by atoms with Crippen molar-refractivity contribution in [1.29, 1.82) is 5.26 Å². The molecule has 4 aromatic rings. The SMILES string of the molecule is N#C/C(=C\C1CC1)C(=O)N1CC2CC(n3nc(-c4ccc(Oc5ccccc5)cc4)c4c(N=NN)ncnc43)CC2C1. The molecule has 2 N–H and O–H groups in total. The summed E-state index contributed by atoms with van der Waals surface area (Å²) in [5.41, 5.74) is 2.51. The average Bonchev–Trinajstić information content (AvgIpc) is 3.42. The highest BCUT2D eigenvalue weighted by Crippen LogP contribution is 2.46. The summed E-state index contributed by atoms with van der Waals surface area (Å²) in [7, 11) is 0. The van der Waals surface area contributed by atoms with Gasteiger partial charge in [-0.25, -0.2) is 14.6 Å². The van der Waals surface area contributed by atoms with E-state index in [0.29, 0.717) is 59.1 Å². The molecule has 2 saturated carbocycles. The molecule has 1 saturated heterocycles. The first-order valence-electron chi connectivity index (χ1n) is 14.2. The lowest BCUT2D eigenvalue weighted by atomic mass is 10.0. The number of nitrogens with two attached hydrogens (primary N) is 1. The van der Waals surface area contributed by atoms with Crippen LogP contribution in [0.4, 0.5) is 5.82 Å². The van der Waals surface area contributed by atoms with Crippen LogP contribution in [0.2, 0.25) is 0 Å². The molecule has 1 amide bonds. The van der Waals surface area contributed by atoms with Crippen LogP contribution < -0.4 is 10.6 Å². The number of para-hydroxylation sites is 1. The Balaban J connectivity index is 1.15. The Kier molecular flexibility index (Phi) is 6.58. The molecular formula is C31H29N9O2. The van der Waals surface area contributed by atoms with E-state index in [4.69, 9.17) is 15.7 Å². The van der Waals surface area contributed by atoms with Crippen molar-refractivity contribution < 1.29 is 9.53 Å². The number of nitrogens with zero attached hydrogens (tertiary/aromatic N) is 8. The molecule has 2 unspecified atom stereocenters. The Morgan fingerprint density at radius 2 is 1.74 bits per heavy atom. The molecule has 3 aliphatic rings. The summed E-state index contributed by atoms with van der Waals surface area (Å²) < 4.78 is 7.95. The van der Waals surface area contributed by atoms with Gasteiger partial charge in [-0.1, -0.05) is 29.5 Å². The molecule has 3 fully saturated rings. The summed E-state index contributed by atoms with van der Waals surface area (Å²) in [5, 5.41) is 22.8. The number of rotatable bonds is 7. The molecule has 2 aromatic heterocycles. The van der Waals surface area contributed by atoms with Crippen LogP contribution in [0.1, 0.15) is 31.7 Å². The maximum Gasteiger partial charge on any atom is 0.264 e. The van der Waals surface area contributed by atoms with E-state index in [-0.39, 0.29) is 17.5 Å². The Bertz CT molecular complexity index is 1720. The topological polar surface area (TPSA) is 148 Å². The molecule has 42 heavy (non-hydrogen) atoms. The van der Waals surface area contributed by atoms with Crippen LogP contribution in [0.15, 0.2) is 82.9 Å². The van der Waals surface area contributed by atoms with Gasteiger partial charge in [-0.3, -0.25) is 4.79 Å². The normalized spacial score (nSPS) is 22.0. The minimum Gasteiger partial charge on any atom is -0.457 e. The Labute approximate surface area is 242 Å².